The lowest BCUT2D eigenvalue weighted by Gasteiger charge is -2.09. The van der Waals surface area contributed by atoms with Gasteiger partial charge in [0.1, 0.15) is 0 Å². The van der Waals surface area contributed by atoms with Crippen molar-refractivity contribution in [3.63, 3.8) is 0 Å². The van der Waals surface area contributed by atoms with E-state index in [4.69, 9.17) is 28.9 Å². The summed E-state index contributed by atoms with van der Waals surface area (Å²) in [5.41, 5.74) is 7.82. The number of benzene rings is 2. The highest BCUT2D eigenvalue weighted by molar-refractivity contribution is 6.39. The van der Waals surface area contributed by atoms with Crippen LogP contribution in [0.2, 0.25) is 10.0 Å². The number of halogens is 2. The topological polar surface area (TPSA) is 84.2 Å². The van der Waals surface area contributed by atoms with E-state index in [0.717, 1.165) is 5.56 Å². The number of rotatable bonds is 4. The fourth-order valence-electron chi connectivity index (χ4n) is 1.83. The summed E-state index contributed by atoms with van der Waals surface area (Å²) in [5.74, 6) is -0.726. The van der Waals surface area contributed by atoms with Crippen LogP contribution in [-0.2, 0) is 4.79 Å². The van der Waals surface area contributed by atoms with Crippen LogP contribution in [0.25, 0.3) is 0 Å². The molecule has 0 fully saturated rings. The van der Waals surface area contributed by atoms with Gasteiger partial charge in [0.25, 0.3) is 5.91 Å². The van der Waals surface area contributed by atoms with Gasteiger partial charge in [0.15, 0.2) is 0 Å². The SMILES string of the molecule is Cc1ccc(C(=O)NCC(=O)Nc2cc(Cl)c(N)c(Cl)c2)cc1. The van der Waals surface area contributed by atoms with Gasteiger partial charge in [-0.05, 0) is 31.2 Å². The molecule has 0 saturated carbocycles. The van der Waals surface area contributed by atoms with Gasteiger partial charge in [0.05, 0.1) is 22.3 Å². The number of amides is 2. The van der Waals surface area contributed by atoms with Crippen molar-refractivity contribution in [3.05, 3.63) is 57.6 Å². The molecule has 2 rings (SSSR count). The molecule has 5 nitrogen and oxygen atoms in total. The summed E-state index contributed by atoms with van der Waals surface area (Å²) in [6.07, 6.45) is 0. The van der Waals surface area contributed by atoms with Crippen molar-refractivity contribution >= 4 is 46.4 Å². The molecule has 0 aliphatic rings. The minimum atomic E-state index is -0.401. The van der Waals surface area contributed by atoms with Crippen LogP contribution in [0.3, 0.4) is 0 Å². The molecule has 0 heterocycles. The van der Waals surface area contributed by atoms with E-state index in [2.05, 4.69) is 10.6 Å². The largest absolute Gasteiger partial charge is 0.396 e. The molecule has 0 aromatic heterocycles. The number of nitrogens with two attached hydrogens (primary N) is 1. The van der Waals surface area contributed by atoms with E-state index in [1.54, 1.807) is 12.1 Å². The summed E-state index contributed by atoms with van der Waals surface area (Å²) in [4.78, 5) is 23.8. The Kier molecular flexibility index (Phi) is 5.47. The molecule has 0 spiro atoms. The lowest BCUT2D eigenvalue weighted by molar-refractivity contribution is -0.115. The molecule has 2 aromatic carbocycles. The van der Waals surface area contributed by atoms with E-state index < -0.39 is 5.91 Å². The minimum Gasteiger partial charge on any atom is -0.396 e. The number of nitrogens with one attached hydrogen (secondary N) is 2. The van der Waals surface area contributed by atoms with Crippen LogP contribution in [-0.4, -0.2) is 18.4 Å². The molecule has 4 N–H and O–H groups in total. The highest BCUT2D eigenvalue weighted by atomic mass is 35.5. The van der Waals surface area contributed by atoms with Gasteiger partial charge in [-0.15, -0.1) is 0 Å². The van der Waals surface area contributed by atoms with E-state index >= 15 is 0 Å². The molecule has 0 atom stereocenters. The fourth-order valence-corrected chi connectivity index (χ4v) is 2.32. The molecule has 2 amide bonds. The normalized spacial score (nSPS) is 10.2. The number of carbonyl (C=O) groups is 2. The minimum absolute atomic E-state index is 0.174. The molecular formula is C16H15Cl2N3O2. The van der Waals surface area contributed by atoms with E-state index in [9.17, 15) is 9.59 Å². The quantitative estimate of drug-likeness (QED) is 0.739. The predicted octanol–water partition coefficient (Wildman–Crippen LogP) is 3.25. The van der Waals surface area contributed by atoms with Crippen LogP contribution in [0, 0.1) is 6.92 Å². The summed E-state index contributed by atoms with van der Waals surface area (Å²) in [6, 6.07) is 10.0. The third-order valence-corrected chi connectivity index (χ3v) is 3.71. The van der Waals surface area contributed by atoms with Gasteiger partial charge >= 0.3 is 0 Å². The summed E-state index contributed by atoms with van der Waals surface area (Å²) >= 11 is 11.8. The maximum atomic E-state index is 11.9. The number of anilines is 2. The number of hydrogen-bond acceptors (Lipinski definition) is 3. The average molecular weight is 352 g/mol. The third kappa shape index (κ3) is 4.61. The van der Waals surface area contributed by atoms with Crippen LogP contribution < -0.4 is 16.4 Å². The molecule has 0 radical (unpaired) electrons. The Bertz CT molecular complexity index is 722. The standard InChI is InChI=1S/C16H15Cl2N3O2/c1-9-2-4-10(5-3-9)16(23)20-8-14(22)21-11-6-12(17)15(19)13(18)7-11/h2-7H,8,19H2,1H3,(H,20,23)(H,21,22). The fraction of sp³-hybridized carbons (Fsp3) is 0.125. The van der Waals surface area contributed by atoms with Gasteiger partial charge in [-0.1, -0.05) is 40.9 Å². The molecule has 0 unspecified atom stereocenters. The van der Waals surface area contributed by atoms with Crippen LogP contribution >= 0.6 is 23.2 Å². The Morgan fingerprint density at radius 2 is 1.65 bits per heavy atom. The predicted molar refractivity (Wildman–Crippen MR) is 93.0 cm³/mol. The van der Waals surface area contributed by atoms with Gasteiger partial charge in [0, 0.05) is 11.3 Å². The van der Waals surface area contributed by atoms with Crippen LogP contribution in [0.15, 0.2) is 36.4 Å². The van der Waals surface area contributed by atoms with Gasteiger partial charge in [0.2, 0.25) is 5.91 Å². The highest BCUT2D eigenvalue weighted by Crippen LogP contribution is 2.30. The Balaban J connectivity index is 1.92. The maximum absolute atomic E-state index is 11.9. The first kappa shape index (κ1) is 17.1. The average Bonchev–Trinajstić information content (AvgIpc) is 2.51. The summed E-state index contributed by atoms with van der Waals surface area (Å²) < 4.78 is 0. The van der Waals surface area contributed by atoms with Gasteiger partial charge < -0.3 is 16.4 Å². The van der Waals surface area contributed by atoms with Crippen molar-refractivity contribution < 1.29 is 9.59 Å². The summed E-state index contributed by atoms with van der Waals surface area (Å²) in [5, 5.41) is 5.62. The highest BCUT2D eigenvalue weighted by Gasteiger charge is 2.10. The van der Waals surface area contributed by atoms with Crippen molar-refractivity contribution in [3.8, 4) is 0 Å². The second-order valence-corrected chi connectivity index (χ2v) is 5.76. The van der Waals surface area contributed by atoms with Gasteiger partial charge in [-0.3, -0.25) is 9.59 Å². The van der Waals surface area contributed by atoms with Crippen LogP contribution in [0.4, 0.5) is 11.4 Å². The first-order valence-electron chi connectivity index (χ1n) is 6.76. The lowest BCUT2D eigenvalue weighted by Crippen LogP contribution is -2.32. The molecule has 0 bridgehead atoms. The first-order valence-corrected chi connectivity index (χ1v) is 7.51. The molecule has 0 aliphatic heterocycles. The number of carbonyl (C=O) groups excluding carboxylic acids is 2. The zero-order valence-electron chi connectivity index (χ0n) is 12.3. The molecule has 0 saturated heterocycles. The van der Waals surface area contributed by atoms with E-state index in [1.165, 1.54) is 12.1 Å². The van der Waals surface area contributed by atoms with Gasteiger partial charge in [-0.2, -0.15) is 0 Å². The van der Waals surface area contributed by atoms with E-state index in [0.29, 0.717) is 11.3 Å². The Hall–Kier alpha value is -2.24. The second-order valence-electron chi connectivity index (χ2n) is 4.95. The van der Waals surface area contributed by atoms with E-state index in [1.807, 2.05) is 19.1 Å². The number of nitrogen functional groups attached to an aromatic ring is 1. The molecule has 120 valence electrons. The lowest BCUT2D eigenvalue weighted by atomic mass is 10.1. The zero-order chi connectivity index (χ0) is 17.0. The van der Waals surface area contributed by atoms with Gasteiger partial charge in [-0.25, -0.2) is 0 Å². The zero-order valence-corrected chi connectivity index (χ0v) is 13.8. The van der Waals surface area contributed by atoms with E-state index in [-0.39, 0.29) is 28.2 Å². The van der Waals surface area contributed by atoms with Crippen LogP contribution in [0.5, 0.6) is 0 Å². The molecular weight excluding hydrogens is 337 g/mol. The monoisotopic (exact) mass is 351 g/mol. The Morgan fingerprint density at radius 3 is 2.22 bits per heavy atom. The van der Waals surface area contributed by atoms with Crippen molar-refractivity contribution in [2.24, 2.45) is 0 Å². The summed E-state index contributed by atoms with van der Waals surface area (Å²) in [6.45, 7) is 1.75. The smallest absolute Gasteiger partial charge is 0.251 e. The first-order chi connectivity index (χ1) is 10.9. The second kappa shape index (κ2) is 7.35. The molecule has 7 heteroatoms. The van der Waals surface area contributed by atoms with Crippen molar-refractivity contribution in [1.29, 1.82) is 0 Å². The Labute approximate surface area is 143 Å². The molecule has 0 aliphatic carbocycles. The Morgan fingerprint density at radius 1 is 1.09 bits per heavy atom. The van der Waals surface area contributed by atoms with Crippen molar-refractivity contribution in [1.82, 2.24) is 5.32 Å². The molecule has 2 aromatic rings. The third-order valence-electron chi connectivity index (χ3n) is 3.09. The van der Waals surface area contributed by atoms with Crippen molar-refractivity contribution in [2.45, 2.75) is 6.92 Å². The molecule has 23 heavy (non-hydrogen) atoms. The van der Waals surface area contributed by atoms with Crippen LogP contribution in [0.1, 0.15) is 15.9 Å². The van der Waals surface area contributed by atoms with Crippen molar-refractivity contribution in [2.75, 3.05) is 17.6 Å². The maximum Gasteiger partial charge on any atom is 0.251 e. The summed E-state index contributed by atoms with van der Waals surface area (Å²) in [7, 11) is 0. The number of aryl methyl sites for hydroxylation is 1. The number of hydrogen-bond donors (Lipinski definition) is 3.